The van der Waals surface area contributed by atoms with Gasteiger partial charge in [-0.3, -0.25) is 9.69 Å². The Morgan fingerprint density at radius 2 is 2.39 bits per heavy atom. The van der Waals surface area contributed by atoms with Crippen LogP contribution in [0, 0.1) is 0 Å². The molecule has 1 aliphatic rings. The van der Waals surface area contributed by atoms with Crippen LogP contribution in [-0.4, -0.2) is 41.8 Å². The van der Waals surface area contributed by atoms with Crippen molar-refractivity contribution in [3.05, 3.63) is 19.2 Å². The minimum Gasteiger partial charge on any atom is -0.481 e. The van der Waals surface area contributed by atoms with Gasteiger partial charge in [-0.05, 0) is 37.9 Å². The zero-order valence-electron chi connectivity index (χ0n) is 9.57. The third-order valence-electron chi connectivity index (χ3n) is 2.70. The first-order valence-electron chi connectivity index (χ1n) is 5.54. The van der Waals surface area contributed by atoms with E-state index in [-0.39, 0.29) is 12.5 Å². The van der Waals surface area contributed by atoms with Crippen LogP contribution in [0.25, 0.3) is 0 Å². The molecule has 0 spiro atoms. The summed E-state index contributed by atoms with van der Waals surface area (Å²) in [6, 6.07) is 2.09. The van der Waals surface area contributed by atoms with Crippen molar-refractivity contribution >= 4 is 49.2 Å². The molecule has 1 atom stereocenters. The molecule has 4 nitrogen and oxygen atoms in total. The molecule has 1 aliphatic heterocycles. The van der Waals surface area contributed by atoms with E-state index in [0.29, 0.717) is 13.2 Å². The van der Waals surface area contributed by atoms with E-state index in [4.69, 9.17) is 9.84 Å². The SMILES string of the molecule is O=C(O)CC1CN(Cc2cc(Br)c(Br)s2)CCO1. The van der Waals surface area contributed by atoms with Crippen molar-refractivity contribution in [2.45, 2.75) is 19.1 Å². The summed E-state index contributed by atoms with van der Waals surface area (Å²) >= 11 is 8.64. The Morgan fingerprint density at radius 3 is 3.00 bits per heavy atom. The third kappa shape index (κ3) is 4.03. The van der Waals surface area contributed by atoms with E-state index in [1.807, 2.05) is 0 Å². The van der Waals surface area contributed by atoms with Crippen LogP contribution in [0.1, 0.15) is 11.3 Å². The summed E-state index contributed by atoms with van der Waals surface area (Å²) in [6.07, 6.45) is -0.114. The van der Waals surface area contributed by atoms with E-state index >= 15 is 0 Å². The molecule has 0 amide bonds. The van der Waals surface area contributed by atoms with Crippen molar-refractivity contribution in [3.63, 3.8) is 0 Å². The highest BCUT2D eigenvalue weighted by Gasteiger charge is 2.23. The Kier molecular flexibility index (Phi) is 5.20. The summed E-state index contributed by atoms with van der Waals surface area (Å²) in [5, 5.41) is 8.77. The molecule has 1 aromatic rings. The molecule has 2 rings (SSSR count). The Balaban J connectivity index is 1.91. The average molecular weight is 399 g/mol. The molecule has 0 saturated carbocycles. The van der Waals surface area contributed by atoms with Gasteiger partial charge in [-0.2, -0.15) is 0 Å². The van der Waals surface area contributed by atoms with Crippen molar-refractivity contribution in [1.29, 1.82) is 0 Å². The lowest BCUT2D eigenvalue weighted by atomic mass is 10.2. The highest BCUT2D eigenvalue weighted by atomic mass is 79.9. The molecule has 1 fully saturated rings. The van der Waals surface area contributed by atoms with E-state index < -0.39 is 5.97 Å². The third-order valence-corrected chi connectivity index (χ3v) is 5.94. The highest BCUT2D eigenvalue weighted by molar-refractivity contribution is 9.13. The summed E-state index contributed by atoms with van der Waals surface area (Å²) in [6.45, 7) is 2.97. The van der Waals surface area contributed by atoms with Crippen LogP contribution in [0.5, 0.6) is 0 Å². The number of hydrogen-bond donors (Lipinski definition) is 1. The average Bonchev–Trinajstić information content (AvgIpc) is 2.57. The van der Waals surface area contributed by atoms with Gasteiger partial charge in [0.15, 0.2) is 0 Å². The fourth-order valence-corrected chi connectivity index (χ4v) is 4.15. The first kappa shape index (κ1) is 14.5. The predicted molar refractivity (Wildman–Crippen MR) is 77.0 cm³/mol. The van der Waals surface area contributed by atoms with Crippen LogP contribution in [0.3, 0.4) is 0 Å². The normalized spacial score (nSPS) is 21.1. The van der Waals surface area contributed by atoms with Gasteiger partial charge in [0, 0.05) is 29.0 Å². The topological polar surface area (TPSA) is 49.8 Å². The lowest BCUT2D eigenvalue weighted by Gasteiger charge is -2.31. The van der Waals surface area contributed by atoms with Crippen molar-refractivity contribution in [3.8, 4) is 0 Å². The molecule has 0 radical (unpaired) electrons. The number of nitrogens with zero attached hydrogens (tertiary/aromatic N) is 1. The number of aliphatic carboxylic acids is 1. The Hall–Kier alpha value is 0.0500. The fraction of sp³-hybridized carbons (Fsp3) is 0.545. The fourth-order valence-electron chi connectivity index (χ4n) is 1.93. The second-order valence-electron chi connectivity index (χ2n) is 4.16. The van der Waals surface area contributed by atoms with Crippen LogP contribution in [0.15, 0.2) is 14.3 Å². The van der Waals surface area contributed by atoms with Crippen molar-refractivity contribution in [2.24, 2.45) is 0 Å². The number of carboxylic acids is 1. The molecule has 1 unspecified atom stereocenters. The largest absolute Gasteiger partial charge is 0.481 e. The number of thiophene rings is 1. The lowest BCUT2D eigenvalue weighted by molar-refractivity contribution is -0.142. The maximum absolute atomic E-state index is 10.7. The Labute approximate surface area is 126 Å². The van der Waals surface area contributed by atoms with Gasteiger partial charge in [0.05, 0.1) is 22.9 Å². The van der Waals surface area contributed by atoms with Crippen LogP contribution >= 0.6 is 43.2 Å². The van der Waals surface area contributed by atoms with Gasteiger partial charge in [0.25, 0.3) is 0 Å². The molecule has 2 heterocycles. The van der Waals surface area contributed by atoms with Crippen LogP contribution < -0.4 is 0 Å². The molecule has 1 saturated heterocycles. The second kappa shape index (κ2) is 6.47. The number of hydrogen-bond acceptors (Lipinski definition) is 4. The van der Waals surface area contributed by atoms with Gasteiger partial charge >= 0.3 is 5.97 Å². The number of rotatable bonds is 4. The monoisotopic (exact) mass is 397 g/mol. The maximum atomic E-state index is 10.7. The van der Waals surface area contributed by atoms with Crippen molar-refractivity contribution < 1.29 is 14.6 Å². The van der Waals surface area contributed by atoms with Crippen molar-refractivity contribution in [1.82, 2.24) is 4.90 Å². The molecule has 1 aromatic heterocycles. The standard InChI is InChI=1S/C11H13Br2NO3S/c12-9-4-8(18-11(9)13)6-14-1-2-17-7(5-14)3-10(15)16/h4,7H,1-3,5-6H2,(H,15,16). The predicted octanol–water partition coefficient (Wildman–Crippen LogP) is 2.95. The van der Waals surface area contributed by atoms with Gasteiger partial charge in [-0.1, -0.05) is 0 Å². The quantitative estimate of drug-likeness (QED) is 0.846. The minimum atomic E-state index is -0.802. The van der Waals surface area contributed by atoms with E-state index in [0.717, 1.165) is 21.3 Å². The number of ether oxygens (including phenoxy) is 1. The molecule has 1 N–H and O–H groups in total. The maximum Gasteiger partial charge on any atom is 0.306 e. The number of carboxylic acid groups (broad SMARTS) is 1. The van der Waals surface area contributed by atoms with Gasteiger partial charge in [0.2, 0.25) is 0 Å². The first-order chi connectivity index (χ1) is 8.54. The lowest BCUT2D eigenvalue weighted by Crippen LogP contribution is -2.42. The summed E-state index contributed by atoms with van der Waals surface area (Å²) < 4.78 is 7.61. The van der Waals surface area contributed by atoms with Crippen molar-refractivity contribution in [2.75, 3.05) is 19.7 Å². The zero-order chi connectivity index (χ0) is 13.1. The minimum absolute atomic E-state index is 0.0777. The summed E-state index contributed by atoms with van der Waals surface area (Å²) in [7, 11) is 0. The Bertz CT molecular complexity index is 418. The molecule has 18 heavy (non-hydrogen) atoms. The number of halogens is 2. The summed E-state index contributed by atoms with van der Waals surface area (Å²) in [5.41, 5.74) is 0. The molecular weight excluding hydrogens is 386 g/mol. The molecule has 0 aliphatic carbocycles. The van der Waals surface area contributed by atoms with E-state index in [2.05, 4.69) is 42.8 Å². The van der Waals surface area contributed by atoms with Gasteiger partial charge < -0.3 is 9.84 Å². The molecular formula is C11H13Br2NO3S. The summed E-state index contributed by atoms with van der Waals surface area (Å²) in [5.74, 6) is -0.802. The smallest absolute Gasteiger partial charge is 0.306 e. The highest BCUT2D eigenvalue weighted by Crippen LogP contribution is 2.33. The second-order valence-corrected chi connectivity index (χ2v) is 7.47. The zero-order valence-corrected chi connectivity index (χ0v) is 13.6. The van der Waals surface area contributed by atoms with Gasteiger partial charge in [-0.25, -0.2) is 0 Å². The molecule has 100 valence electrons. The van der Waals surface area contributed by atoms with Gasteiger partial charge in [0.1, 0.15) is 0 Å². The molecule has 7 heteroatoms. The summed E-state index contributed by atoms with van der Waals surface area (Å²) in [4.78, 5) is 14.2. The first-order valence-corrected chi connectivity index (χ1v) is 7.94. The van der Waals surface area contributed by atoms with E-state index in [1.54, 1.807) is 11.3 Å². The number of carbonyl (C=O) groups is 1. The van der Waals surface area contributed by atoms with Crippen LogP contribution in [0.4, 0.5) is 0 Å². The van der Waals surface area contributed by atoms with Crippen LogP contribution in [0.2, 0.25) is 0 Å². The van der Waals surface area contributed by atoms with E-state index in [9.17, 15) is 4.79 Å². The van der Waals surface area contributed by atoms with E-state index in [1.165, 1.54) is 4.88 Å². The molecule has 0 bridgehead atoms. The van der Waals surface area contributed by atoms with Crippen LogP contribution in [-0.2, 0) is 16.1 Å². The number of morpholine rings is 1. The van der Waals surface area contributed by atoms with Gasteiger partial charge in [-0.15, -0.1) is 11.3 Å². The molecule has 0 aromatic carbocycles. The Morgan fingerprint density at radius 1 is 1.61 bits per heavy atom.